The van der Waals surface area contributed by atoms with Crippen LogP contribution >= 0.6 is 11.8 Å². The molecular weight excluding hydrogens is 162 g/mol. The molecule has 0 aromatic rings. The van der Waals surface area contributed by atoms with Crippen LogP contribution in [0.1, 0.15) is 13.3 Å². The summed E-state index contributed by atoms with van der Waals surface area (Å²) in [5.41, 5.74) is 0. The fraction of sp³-hybridized carbons (Fsp3) is 0.857. The summed E-state index contributed by atoms with van der Waals surface area (Å²) in [6, 6.07) is 0. The lowest BCUT2D eigenvalue weighted by atomic mass is 10.4. The minimum Gasteiger partial charge on any atom is -0.368 e. The van der Waals surface area contributed by atoms with Crippen LogP contribution < -0.4 is 0 Å². The number of aliphatic hydroxyl groups is 1. The van der Waals surface area contributed by atoms with Gasteiger partial charge in [-0.25, -0.2) is 0 Å². The molecule has 0 aromatic heterocycles. The molecule has 1 aliphatic rings. The highest BCUT2D eigenvalue weighted by Crippen LogP contribution is 2.16. The molecule has 4 heteroatoms. The van der Waals surface area contributed by atoms with Gasteiger partial charge in [0.05, 0.1) is 5.04 Å². The number of nitrogens with zero attached hydrogens (tertiary/aromatic N) is 1. The molecule has 64 valence electrons. The molecule has 0 amide bonds. The molecule has 0 fully saturated rings. The zero-order valence-corrected chi connectivity index (χ0v) is 7.43. The van der Waals surface area contributed by atoms with E-state index in [4.69, 9.17) is 4.74 Å². The van der Waals surface area contributed by atoms with Crippen molar-refractivity contribution in [1.82, 2.24) is 0 Å². The Labute approximate surface area is 70.8 Å². The van der Waals surface area contributed by atoms with Crippen molar-refractivity contribution in [3.63, 3.8) is 0 Å². The van der Waals surface area contributed by atoms with E-state index in [0.717, 1.165) is 17.3 Å². The van der Waals surface area contributed by atoms with Gasteiger partial charge in [0.25, 0.3) is 0 Å². The molecule has 1 N–H and O–H groups in total. The van der Waals surface area contributed by atoms with Crippen molar-refractivity contribution >= 4 is 16.8 Å². The van der Waals surface area contributed by atoms with Gasteiger partial charge in [-0.3, -0.25) is 4.99 Å². The Bertz CT molecular complexity index is 149. The lowest BCUT2D eigenvalue weighted by Gasteiger charge is -2.08. The summed E-state index contributed by atoms with van der Waals surface area (Å²) in [6.07, 6.45) is -0.109. The normalized spacial score (nSPS) is 20.0. The largest absolute Gasteiger partial charge is 0.368 e. The molecule has 1 rings (SSSR count). The second kappa shape index (κ2) is 4.74. The highest BCUT2D eigenvalue weighted by molar-refractivity contribution is 8.14. The van der Waals surface area contributed by atoms with E-state index >= 15 is 0 Å². The molecule has 0 aromatic carbocycles. The molecule has 0 saturated heterocycles. The maximum Gasteiger partial charge on any atom is 0.160 e. The molecule has 0 saturated carbocycles. The Hall–Kier alpha value is -0.0600. The summed E-state index contributed by atoms with van der Waals surface area (Å²) in [4.78, 5) is 4.20. The Kier molecular flexibility index (Phi) is 3.90. The van der Waals surface area contributed by atoms with E-state index in [-0.39, 0.29) is 0 Å². The Morgan fingerprint density at radius 2 is 2.64 bits per heavy atom. The van der Waals surface area contributed by atoms with E-state index in [2.05, 4.69) is 4.99 Å². The first-order valence-corrected chi connectivity index (χ1v) is 4.77. The van der Waals surface area contributed by atoms with Crippen molar-refractivity contribution in [2.45, 2.75) is 19.6 Å². The number of hydrogen-bond donors (Lipinski definition) is 1. The van der Waals surface area contributed by atoms with E-state index < -0.39 is 6.29 Å². The lowest BCUT2D eigenvalue weighted by molar-refractivity contribution is -0.0878. The maximum absolute atomic E-state index is 9.19. The van der Waals surface area contributed by atoms with Gasteiger partial charge in [-0.05, 0) is 6.92 Å². The van der Waals surface area contributed by atoms with Crippen LogP contribution in [0, 0.1) is 0 Å². The average molecular weight is 175 g/mol. The molecular formula is C7H13NO2S. The van der Waals surface area contributed by atoms with Gasteiger partial charge in [0.1, 0.15) is 0 Å². The number of ether oxygens (including phenoxy) is 1. The predicted molar refractivity (Wildman–Crippen MR) is 47.0 cm³/mol. The van der Waals surface area contributed by atoms with E-state index in [1.165, 1.54) is 0 Å². The van der Waals surface area contributed by atoms with E-state index in [9.17, 15) is 5.11 Å². The maximum atomic E-state index is 9.19. The van der Waals surface area contributed by atoms with Crippen LogP contribution in [0.2, 0.25) is 0 Å². The van der Waals surface area contributed by atoms with Crippen molar-refractivity contribution in [2.24, 2.45) is 4.99 Å². The Morgan fingerprint density at radius 1 is 1.82 bits per heavy atom. The third-order valence-corrected chi connectivity index (χ3v) is 2.37. The molecule has 0 aliphatic carbocycles. The van der Waals surface area contributed by atoms with Gasteiger partial charge in [0.15, 0.2) is 6.29 Å². The second-order valence-corrected chi connectivity index (χ2v) is 3.41. The molecule has 1 unspecified atom stereocenters. The molecule has 11 heavy (non-hydrogen) atoms. The molecule has 1 heterocycles. The fourth-order valence-electron chi connectivity index (χ4n) is 0.904. The number of hydrogen-bond acceptors (Lipinski definition) is 4. The van der Waals surface area contributed by atoms with E-state index in [0.29, 0.717) is 13.0 Å². The van der Waals surface area contributed by atoms with Crippen molar-refractivity contribution in [3.05, 3.63) is 0 Å². The topological polar surface area (TPSA) is 41.8 Å². The number of aliphatic imine (C=N–C) groups is 1. The third-order valence-electron chi connectivity index (χ3n) is 1.36. The highest BCUT2D eigenvalue weighted by Gasteiger charge is 2.12. The van der Waals surface area contributed by atoms with Gasteiger partial charge >= 0.3 is 0 Å². The quantitative estimate of drug-likeness (QED) is 0.645. The second-order valence-electron chi connectivity index (χ2n) is 2.24. The van der Waals surface area contributed by atoms with Crippen LogP contribution in [0.5, 0.6) is 0 Å². The van der Waals surface area contributed by atoms with Gasteiger partial charge in [-0.2, -0.15) is 0 Å². The average Bonchev–Trinajstić information content (AvgIpc) is 2.40. The van der Waals surface area contributed by atoms with Crippen LogP contribution in [0.25, 0.3) is 0 Å². The van der Waals surface area contributed by atoms with Gasteiger partial charge in [-0.15, -0.1) is 11.8 Å². The van der Waals surface area contributed by atoms with Crippen molar-refractivity contribution in [1.29, 1.82) is 0 Å². The monoisotopic (exact) mass is 175 g/mol. The Balaban J connectivity index is 2.18. The van der Waals surface area contributed by atoms with Crippen molar-refractivity contribution < 1.29 is 9.84 Å². The van der Waals surface area contributed by atoms with Crippen molar-refractivity contribution in [3.8, 4) is 0 Å². The van der Waals surface area contributed by atoms with E-state index in [1.54, 1.807) is 11.8 Å². The van der Waals surface area contributed by atoms with Gasteiger partial charge < -0.3 is 9.84 Å². The molecule has 3 nitrogen and oxygen atoms in total. The highest BCUT2D eigenvalue weighted by atomic mass is 32.2. The van der Waals surface area contributed by atoms with Crippen LogP contribution in [-0.2, 0) is 4.74 Å². The van der Waals surface area contributed by atoms with Crippen LogP contribution in [-0.4, -0.2) is 35.3 Å². The van der Waals surface area contributed by atoms with E-state index in [1.807, 2.05) is 6.92 Å². The van der Waals surface area contributed by atoms with Crippen molar-refractivity contribution in [2.75, 3.05) is 18.9 Å². The predicted octanol–water partition coefficient (Wildman–Crippen LogP) is 0.877. The number of rotatable bonds is 4. The fourth-order valence-corrected chi connectivity index (χ4v) is 1.76. The summed E-state index contributed by atoms with van der Waals surface area (Å²) in [6.45, 7) is 3.31. The van der Waals surface area contributed by atoms with Gasteiger partial charge in [0.2, 0.25) is 0 Å². The standard InChI is InChI=1S/C7H13NO2S/c1-2-10-7(9)5-6-8-3-4-11-6/h7,9H,2-5H2,1H3. The first-order valence-electron chi connectivity index (χ1n) is 3.78. The summed E-state index contributed by atoms with van der Waals surface area (Å²) >= 11 is 1.71. The van der Waals surface area contributed by atoms with Crippen LogP contribution in [0.3, 0.4) is 0 Å². The number of aliphatic hydroxyl groups excluding tert-OH is 1. The van der Waals surface area contributed by atoms with Gasteiger partial charge in [-0.1, -0.05) is 0 Å². The molecule has 1 aliphatic heterocycles. The zero-order valence-electron chi connectivity index (χ0n) is 6.62. The minimum absolute atomic E-state index is 0.554. The summed E-state index contributed by atoms with van der Waals surface area (Å²) in [7, 11) is 0. The molecule has 1 atom stereocenters. The SMILES string of the molecule is CCOC(O)CC1=NCCS1. The first kappa shape index (κ1) is 9.03. The minimum atomic E-state index is -0.663. The molecule has 0 spiro atoms. The van der Waals surface area contributed by atoms with Gasteiger partial charge in [0, 0.05) is 25.3 Å². The van der Waals surface area contributed by atoms with Crippen LogP contribution in [0.4, 0.5) is 0 Å². The summed E-state index contributed by atoms with van der Waals surface area (Å²) in [5.74, 6) is 1.05. The Morgan fingerprint density at radius 3 is 3.18 bits per heavy atom. The molecule has 0 radical (unpaired) electrons. The zero-order chi connectivity index (χ0) is 8.10. The number of thioether (sulfide) groups is 1. The first-order chi connectivity index (χ1) is 5.33. The lowest BCUT2D eigenvalue weighted by Crippen LogP contribution is -2.14. The summed E-state index contributed by atoms with van der Waals surface area (Å²) in [5, 5.41) is 10.2. The molecule has 0 bridgehead atoms. The third kappa shape index (κ3) is 3.22. The summed E-state index contributed by atoms with van der Waals surface area (Å²) < 4.78 is 4.97. The smallest absolute Gasteiger partial charge is 0.160 e. The van der Waals surface area contributed by atoms with Crippen LogP contribution in [0.15, 0.2) is 4.99 Å².